The van der Waals surface area contributed by atoms with Gasteiger partial charge in [-0.25, -0.2) is 0 Å². The van der Waals surface area contributed by atoms with Crippen LogP contribution in [-0.4, -0.2) is 0 Å². The molecule has 114 valence electrons. The Morgan fingerprint density at radius 3 is 2.22 bits per heavy atom. The summed E-state index contributed by atoms with van der Waals surface area (Å²) in [6.07, 6.45) is 0. The minimum absolute atomic E-state index is 0.145. The summed E-state index contributed by atoms with van der Waals surface area (Å²) in [7, 11) is 0. The highest BCUT2D eigenvalue weighted by molar-refractivity contribution is 7.25. The maximum absolute atomic E-state index is 2.35. The molecule has 23 heavy (non-hydrogen) atoms. The summed E-state index contributed by atoms with van der Waals surface area (Å²) >= 11 is 1.88. The summed E-state index contributed by atoms with van der Waals surface area (Å²) in [5.41, 5.74) is 4.21. The Morgan fingerprint density at radius 1 is 0.696 bits per heavy atom. The predicted octanol–water partition coefficient (Wildman–Crippen LogP) is 7.02. The number of thiophene rings is 1. The van der Waals surface area contributed by atoms with Crippen LogP contribution in [0.1, 0.15) is 26.3 Å². The second-order valence-corrected chi connectivity index (χ2v) is 8.19. The number of benzene rings is 3. The third-order valence-corrected chi connectivity index (χ3v) is 5.56. The molecule has 0 nitrogen and oxygen atoms in total. The van der Waals surface area contributed by atoms with Crippen LogP contribution in [0.5, 0.6) is 0 Å². The van der Waals surface area contributed by atoms with Gasteiger partial charge in [0.2, 0.25) is 0 Å². The van der Waals surface area contributed by atoms with Crippen molar-refractivity contribution in [1.82, 2.24) is 0 Å². The molecule has 0 aliphatic carbocycles. The molecule has 0 aliphatic heterocycles. The molecule has 3 aromatic carbocycles. The highest BCUT2D eigenvalue weighted by Gasteiger charge is 2.18. The van der Waals surface area contributed by atoms with Crippen molar-refractivity contribution in [2.24, 2.45) is 0 Å². The van der Waals surface area contributed by atoms with Gasteiger partial charge in [-0.15, -0.1) is 11.3 Å². The van der Waals surface area contributed by atoms with E-state index in [1.54, 1.807) is 0 Å². The Bertz CT molecular complexity index is 999. The van der Waals surface area contributed by atoms with E-state index in [2.05, 4.69) is 87.5 Å². The lowest BCUT2D eigenvalue weighted by atomic mass is 9.82. The second-order valence-electron chi connectivity index (χ2n) is 7.10. The molecule has 0 aliphatic rings. The first-order chi connectivity index (χ1) is 11.0. The molecule has 1 heteroatoms. The molecule has 4 aromatic rings. The van der Waals surface area contributed by atoms with Gasteiger partial charge in [0.15, 0.2) is 0 Å². The number of hydrogen-bond donors (Lipinski definition) is 0. The number of hydrogen-bond acceptors (Lipinski definition) is 1. The highest BCUT2D eigenvalue weighted by atomic mass is 32.1. The van der Waals surface area contributed by atoms with Gasteiger partial charge in [0.1, 0.15) is 0 Å². The summed E-state index contributed by atoms with van der Waals surface area (Å²) in [5, 5.41) is 2.73. The SMILES string of the molecule is CC(C)(C)c1ccccc1-c1ccc2c(c1)sc1ccccc12. The zero-order valence-electron chi connectivity index (χ0n) is 13.8. The van der Waals surface area contributed by atoms with Gasteiger partial charge in [-0.3, -0.25) is 0 Å². The van der Waals surface area contributed by atoms with Crippen LogP contribution < -0.4 is 0 Å². The van der Waals surface area contributed by atoms with Crippen molar-refractivity contribution in [3.63, 3.8) is 0 Å². The molecule has 0 bridgehead atoms. The van der Waals surface area contributed by atoms with Gasteiger partial charge in [0, 0.05) is 20.2 Å². The summed E-state index contributed by atoms with van der Waals surface area (Å²) in [6.45, 7) is 6.84. The quantitative estimate of drug-likeness (QED) is 0.354. The van der Waals surface area contributed by atoms with Crippen molar-refractivity contribution in [3.8, 4) is 11.1 Å². The van der Waals surface area contributed by atoms with Gasteiger partial charge in [-0.1, -0.05) is 75.4 Å². The molecular formula is C22H20S. The molecule has 0 amide bonds. The van der Waals surface area contributed by atoms with Gasteiger partial charge in [0.05, 0.1) is 0 Å². The van der Waals surface area contributed by atoms with Crippen LogP contribution in [0.4, 0.5) is 0 Å². The van der Waals surface area contributed by atoms with Crippen molar-refractivity contribution in [3.05, 3.63) is 72.3 Å². The summed E-state index contributed by atoms with van der Waals surface area (Å²) in [5.74, 6) is 0. The molecule has 1 heterocycles. The lowest BCUT2D eigenvalue weighted by molar-refractivity contribution is 0.592. The molecule has 0 N–H and O–H groups in total. The van der Waals surface area contributed by atoms with Crippen LogP contribution in [0, 0.1) is 0 Å². The molecular weight excluding hydrogens is 296 g/mol. The van der Waals surface area contributed by atoms with Crippen LogP contribution >= 0.6 is 11.3 Å². The maximum atomic E-state index is 2.35. The second kappa shape index (κ2) is 5.21. The van der Waals surface area contributed by atoms with Crippen LogP contribution in [0.25, 0.3) is 31.3 Å². The van der Waals surface area contributed by atoms with Gasteiger partial charge >= 0.3 is 0 Å². The fourth-order valence-corrected chi connectivity index (χ4v) is 4.43. The Hall–Kier alpha value is -2.12. The molecule has 4 rings (SSSR count). The normalized spacial score (nSPS) is 12.1. The number of rotatable bonds is 1. The van der Waals surface area contributed by atoms with E-state index in [-0.39, 0.29) is 5.41 Å². The Morgan fingerprint density at radius 2 is 1.39 bits per heavy atom. The van der Waals surface area contributed by atoms with Crippen molar-refractivity contribution in [2.45, 2.75) is 26.2 Å². The van der Waals surface area contributed by atoms with Gasteiger partial charge in [-0.05, 0) is 34.2 Å². The smallest absolute Gasteiger partial charge is 0.0361 e. The van der Waals surface area contributed by atoms with Crippen LogP contribution in [0.15, 0.2) is 66.7 Å². The van der Waals surface area contributed by atoms with E-state index in [9.17, 15) is 0 Å². The molecule has 0 saturated heterocycles. The summed E-state index contributed by atoms with van der Waals surface area (Å²) < 4.78 is 2.73. The topological polar surface area (TPSA) is 0 Å². The summed E-state index contributed by atoms with van der Waals surface area (Å²) in [4.78, 5) is 0. The molecule has 0 radical (unpaired) electrons. The molecule has 0 unspecified atom stereocenters. The molecule has 1 aromatic heterocycles. The monoisotopic (exact) mass is 316 g/mol. The minimum atomic E-state index is 0.145. The molecule has 0 spiro atoms. The van der Waals surface area contributed by atoms with Crippen molar-refractivity contribution in [2.75, 3.05) is 0 Å². The van der Waals surface area contributed by atoms with Gasteiger partial charge < -0.3 is 0 Å². The largest absolute Gasteiger partial charge is 0.135 e. The van der Waals surface area contributed by atoms with Crippen molar-refractivity contribution >= 4 is 31.5 Å². The minimum Gasteiger partial charge on any atom is -0.135 e. The lowest BCUT2D eigenvalue weighted by Crippen LogP contribution is -2.12. The summed E-state index contributed by atoms with van der Waals surface area (Å²) in [6, 6.07) is 24.4. The third kappa shape index (κ3) is 2.46. The van der Waals surface area contributed by atoms with Crippen LogP contribution in [-0.2, 0) is 5.41 Å². The third-order valence-electron chi connectivity index (χ3n) is 4.42. The first-order valence-corrected chi connectivity index (χ1v) is 8.87. The maximum Gasteiger partial charge on any atom is 0.0361 e. The van der Waals surface area contributed by atoms with Crippen LogP contribution in [0.2, 0.25) is 0 Å². The fraction of sp³-hybridized carbons (Fsp3) is 0.182. The Balaban J connectivity index is 1.96. The van der Waals surface area contributed by atoms with E-state index < -0.39 is 0 Å². The fourth-order valence-electron chi connectivity index (χ4n) is 3.28. The number of fused-ring (bicyclic) bond motifs is 3. The van der Waals surface area contributed by atoms with Crippen LogP contribution in [0.3, 0.4) is 0 Å². The van der Waals surface area contributed by atoms with Crippen molar-refractivity contribution < 1.29 is 0 Å². The molecule has 0 fully saturated rings. The predicted molar refractivity (Wildman–Crippen MR) is 103 cm³/mol. The van der Waals surface area contributed by atoms with E-state index >= 15 is 0 Å². The average Bonchev–Trinajstić information content (AvgIpc) is 2.91. The van der Waals surface area contributed by atoms with Gasteiger partial charge in [0.25, 0.3) is 0 Å². The average molecular weight is 316 g/mol. The first-order valence-electron chi connectivity index (χ1n) is 8.05. The Kier molecular flexibility index (Phi) is 3.28. The zero-order valence-corrected chi connectivity index (χ0v) is 14.6. The van der Waals surface area contributed by atoms with E-state index in [1.165, 1.54) is 36.9 Å². The van der Waals surface area contributed by atoms with E-state index in [1.807, 2.05) is 11.3 Å². The first kappa shape index (κ1) is 14.5. The van der Waals surface area contributed by atoms with Crippen molar-refractivity contribution in [1.29, 1.82) is 0 Å². The van der Waals surface area contributed by atoms with E-state index in [0.717, 1.165) is 0 Å². The molecule has 0 atom stereocenters. The van der Waals surface area contributed by atoms with Gasteiger partial charge in [-0.2, -0.15) is 0 Å². The Labute approximate surface area is 141 Å². The zero-order chi connectivity index (χ0) is 16.0. The lowest BCUT2D eigenvalue weighted by Gasteiger charge is -2.23. The van der Waals surface area contributed by atoms with E-state index in [4.69, 9.17) is 0 Å². The van der Waals surface area contributed by atoms with E-state index in [0.29, 0.717) is 0 Å². The standard InChI is InChI=1S/C22H20S/c1-22(2,3)19-10-6-4-8-16(19)15-12-13-18-17-9-5-7-11-20(17)23-21(18)14-15/h4-14H,1-3H3. The molecule has 0 saturated carbocycles. The highest BCUT2D eigenvalue weighted by Crippen LogP contribution is 2.38.